The van der Waals surface area contributed by atoms with Crippen molar-refractivity contribution in [1.82, 2.24) is 0 Å². The van der Waals surface area contributed by atoms with Gasteiger partial charge < -0.3 is 0 Å². The lowest BCUT2D eigenvalue weighted by molar-refractivity contribution is 0.819. The third-order valence-electron chi connectivity index (χ3n) is 1.75. The van der Waals surface area contributed by atoms with Crippen LogP contribution in [0.3, 0.4) is 0 Å². The maximum atomic E-state index is 8.39. The molecule has 1 atom stereocenters. The molecule has 3 radical (unpaired) electrons. The zero-order chi connectivity index (χ0) is 8.81. The van der Waals surface area contributed by atoms with Crippen LogP contribution in [-0.4, -0.2) is 10.2 Å². The average Bonchev–Trinajstić information content (AvgIpc) is 2.15. The molecule has 0 aliphatic carbocycles. The Labute approximate surface area is 76.5 Å². The van der Waals surface area contributed by atoms with Crippen LogP contribution in [0.15, 0.2) is 30.3 Å². The lowest BCUT2D eigenvalue weighted by Gasteiger charge is -2.07. The van der Waals surface area contributed by atoms with E-state index in [0.717, 1.165) is 6.42 Å². The first-order chi connectivity index (χ1) is 5.84. The van der Waals surface area contributed by atoms with Crippen molar-refractivity contribution in [2.24, 2.45) is 0 Å². The van der Waals surface area contributed by atoms with Gasteiger partial charge in [-0.3, -0.25) is 0 Å². The summed E-state index contributed by atoms with van der Waals surface area (Å²) in [7, 11) is 3.59. The summed E-state index contributed by atoms with van der Waals surface area (Å²) in [6.07, 6.45) is 1.47. The predicted octanol–water partition coefficient (Wildman–Crippen LogP) is 2.20. The molecule has 59 valence electrons. The highest BCUT2D eigenvalue weighted by Crippen LogP contribution is 2.16. The Balaban J connectivity index is 2.55. The first-order valence-corrected chi connectivity index (χ1v) is 4.55. The van der Waals surface area contributed by atoms with Crippen LogP contribution < -0.4 is 0 Å². The van der Waals surface area contributed by atoms with E-state index < -0.39 is 0 Å². The predicted molar refractivity (Wildman–Crippen MR) is 49.8 cm³/mol. The van der Waals surface area contributed by atoms with Crippen LogP contribution in [0, 0.1) is 11.3 Å². The first-order valence-electron chi connectivity index (χ1n) is 3.97. The van der Waals surface area contributed by atoms with Gasteiger partial charge in [-0.1, -0.05) is 30.3 Å². The summed E-state index contributed by atoms with van der Waals surface area (Å²) in [5.41, 5.74) is 1.55. The Morgan fingerprint density at radius 1 is 1.33 bits per heavy atom. The van der Waals surface area contributed by atoms with Gasteiger partial charge in [-0.25, -0.2) is 0 Å². The van der Waals surface area contributed by atoms with Gasteiger partial charge in [0.05, 0.1) is 6.07 Å². The second kappa shape index (κ2) is 4.73. The SMILES string of the molecule is N#CCCC([Si])c1ccccc1. The molecule has 0 aliphatic heterocycles. The molecule has 1 aromatic rings. The molecule has 0 aromatic heterocycles. The second-order valence-electron chi connectivity index (χ2n) is 2.66. The molecule has 1 aromatic carbocycles. The Bertz CT molecular complexity index is 263. The summed E-state index contributed by atoms with van der Waals surface area (Å²) >= 11 is 0. The van der Waals surface area contributed by atoms with E-state index in [1.807, 2.05) is 18.2 Å². The van der Waals surface area contributed by atoms with Crippen LogP contribution in [0.5, 0.6) is 0 Å². The number of nitrogens with zero attached hydrogens (tertiary/aromatic N) is 1. The highest BCUT2D eigenvalue weighted by molar-refractivity contribution is 6.12. The number of hydrogen-bond acceptors (Lipinski definition) is 1. The van der Waals surface area contributed by atoms with Crippen molar-refractivity contribution in [3.63, 3.8) is 0 Å². The Morgan fingerprint density at radius 3 is 2.58 bits per heavy atom. The minimum atomic E-state index is 0.311. The van der Waals surface area contributed by atoms with Crippen LogP contribution in [0.2, 0.25) is 0 Å². The topological polar surface area (TPSA) is 23.8 Å². The van der Waals surface area contributed by atoms with Crippen molar-refractivity contribution < 1.29 is 0 Å². The van der Waals surface area contributed by atoms with Gasteiger partial charge in [0.2, 0.25) is 0 Å². The maximum absolute atomic E-state index is 8.39. The Hall–Kier alpha value is -1.07. The van der Waals surface area contributed by atoms with E-state index in [2.05, 4.69) is 28.4 Å². The van der Waals surface area contributed by atoms with Gasteiger partial charge in [-0.05, 0) is 17.5 Å². The summed E-state index contributed by atoms with van der Waals surface area (Å²) in [5.74, 6) is 0. The summed E-state index contributed by atoms with van der Waals surface area (Å²) in [5, 5.41) is 8.39. The molecule has 0 amide bonds. The van der Waals surface area contributed by atoms with Crippen molar-refractivity contribution in [3.05, 3.63) is 35.9 Å². The van der Waals surface area contributed by atoms with Gasteiger partial charge in [0, 0.05) is 16.7 Å². The second-order valence-corrected chi connectivity index (χ2v) is 3.36. The maximum Gasteiger partial charge on any atom is 0.0621 e. The van der Waals surface area contributed by atoms with Gasteiger partial charge in [0.15, 0.2) is 0 Å². The zero-order valence-corrected chi connectivity index (χ0v) is 7.83. The summed E-state index contributed by atoms with van der Waals surface area (Å²) < 4.78 is 0. The normalized spacial score (nSPS) is 12.0. The lowest BCUT2D eigenvalue weighted by Crippen LogP contribution is -1.96. The summed E-state index contributed by atoms with van der Waals surface area (Å²) in [4.78, 5) is 0. The van der Waals surface area contributed by atoms with Crippen LogP contribution in [0.1, 0.15) is 23.9 Å². The molecule has 0 bridgehead atoms. The standard InChI is InChI=1S/C10H10NSi/c11-8-4-7-10(12)9-5-2-1-3-6-9/h1-3,5-6,10H,4,7H2. The van der Waals surface area contributed by atoms with Crippen molar-refractivity contribution in [2.45, 2.75) is 18.4 Å². The number of rotatable bonds is 3. The third kappa shape index (κ3) is 2.52. The Morgan fingerprint density at radius 2 is 2.00 bits per heavy atom. The smallest absolute Gasteiger partial charge is 0.0621 e. The highest BCUT2D eigenvalue weighted by Gasteiger charge is 2.02. The minimum Gasteiger partial charge on any atom is -0.198 e. The molecule has 0 heterocycles. The molecule has 0 aliphatic rings. The van der Waals surface area contributed by atoms with Crippen LogP contribution in [0.4, 0.5) is 0 Å². The number of benzene rings is 1. The van der Waals surface area contributed by atoms with E-state index >= 15 is 0 Å². The molecule has 0 N–H and O–H groups in total. The van der Waals surface area contributed by atoms with Crippen molar-refractivity contribution in [3.8, 4) is 6.07 Å². The fourth-order valence-electron chi connectivity index (χ4n) is 1.06. The molecule has 0 fully saturated rings. The molecular formula is C10H10NSi. The number of nitriles is 1. The summed E-state index contributed by atoms with van der Waals surface area (Å²) in [6, 6.07) is 12.3. The van der Waals surface area contributed by atoms with E-state index in [4.69, 9.17) is 5.26 Å². The van der Waals surface area contributed by atoms with Gasteiger partial charge >= 0.3 is 0 Å². The van der Waals surface area contributed by atoms with E-state index in [9.17, 15) is 0 Å². The van der Waals surface area contributed by atoms with Crippen molar-refractivity contribution in [1.29, 1.82) is 5.26 Å². The van der Waals surface area contributed by atoms with E-state index in [0.29, 0.717) is 12.0 Å². The molecule has 1 rings (SSSR count). The molecule has 0 spiro atoms. The minimum absolute atomic E-state index is 0.311. The van der Waals surface area contributed by atoms with E-state index in [-0.39, 0.29) is 0 Å². The highest BCUT2D eigenvalue weighted by atomic mass is 28.1. The third-order valence-corrected chi connectivity index (χ3v) is 2.37. The van der Waals surface area contributed by atoms with Crippen molar-refractivity contribution in [2.75, 3.05) is 0 Å². The van der Waals surface area contributed by atoms with Crippen LogP contribution >= 0.6 is 0 Å². The largest absolute Gasteiger partial charge is 0.198 e. The van der Waals surface area contributed by atoms with E-state index in [1.54, 1.807) is 0 Å². The monoisotopic (exact) mass is 172 g/mol. The zero-order valence-electron chi connectivity index (χ0n) is 6.83. The Kier molecular flexibility index (Phi) is 3.56. The first kappa shape index (κ1) is 9.02. The summed E-state index contributed by atoms with van der Waals surface area (Å²) in [6.45, 7) is 0. The molecule has 12 heavy (non-hydrogen) atoms. The number of hydrogen-bond donors (Lipinski definition) is 0. The van der Waals surface area contributed by atoms with E-state index in [1.165, 1.54) is 5.56 Å². The molecule has 0 saturated carbocycles. The van der Waals surface area contributed by atoms with Crippen LogP contribution in [-0.2, 0) is 0 Å². The fourth-order valence-corrected chi connectivity index (χ4v) is 1.40. The fraction of sp³-hybridized carbons (Fsp3) is 0.300. The van der Waals surface area contributed by atoms with Gasteiger partial charge in [0.25, 0.3) is 0 Å². The molecule has 0 saturated heterocycles. The van der Waals surface area contributed by atoms with Gasteiger partial charge in [-0.2, -0.15) is 5.26 Å². The molecule has 1 unspecified atom stereocenters. The quantitative estimate of drug-likeness (QED) is 0.641. The van der Waals surface area contributed by atoms with Gasteiger partial charge in [-0.15, -0.1) is 0 Å². The van der Waals surface area contributed by atoms with Gasteiger partial charge in [0.1, 0.15) is 0 Å². The molecule has 2 heteroatoms. The molecule has 1 nitrogen and oxygen atoms in total. The average molecular weight is 172 g/mol. The molecular weight excluding hydrogens is 162 g/mol. The lowest BCUT2D eigenvalue weighted by atomic mass is 10.1. The van der Waals surface area contributed by atoms with Crippen LogP contribution in [0.25, 0.3) is 0 Å². The van der Waals surface area contributed by atoms with Crippen molar-refractivity contribution >= 4 is 10.2 Å².